The summed E-state index contributed by atoms with van der Waals surface area (Å²) in [7, 11) is 0. The fourth-order valence-electron chi connectivity index (χ4n) is 2.13. The molecular formula is C14H11GaO2. The third-order valence-electron chi connectivity index (χ3n) is 3.00. The molecule has 3 heteroatoms. The van der Waals surface area contributed by atoms with E-state index >= 15 is 0 Å². The van der Waals surface area contributed by atoms with Gasteiger partial charge in [-0.1, -0.05) is 0 Å². The number of hydrogen-bond acceptors (Lipinski definition) is 2. The van der Waals surface area contributed by atoms with Crippen molar-refractivity contribution in [3.8, 4) is 5.75 Å². The van der Waals surface area contributed by atoms with Gasteiger partial charge in [0, 0.05) is 0 Å². The Balaban J connectivity index is 1.97. The molecule has 1 aliphatic rings. The van der Waals surface area contributed by atoms with E-state index in [2.05, 4.69) is 12.1 Å². The Labute approximate surface area is 106 Å². The SMILES string of the molecule is O=C1[CH2][Ga]([c]2ccccc2)[O]c2ccccc21. The Morgan fingerprint density at radius 1 is 0.941 bits per heavy atom. The maximum absolute atomic E-state index is 12.0. The zero-order valence-corrected chi connectivity index (χ0v) is 11.7. The normalized spacial score (nSPS) is 14.1. The predicted octanol–water partition coefficient (Wildman–Crippen LogP) is 2.16. The minimum absolute atomic E-state index is 0.237. The van der Waals surface area contributed by atoms with Gasteiger partial charge in [0.15, 0.2) is 0 Å². The summed E-state index contributed by atoms with van der Waals surface area (Å²) in [5.41, 5.74) is 0.741. The van der Waals surface area contributed by atoms with Crippen molar-refractivity contribution < 1.29 is 8.32 Å². The van der Waals surface area contributed by atoms with Crippen molar-refractivity contribution in [2.75, 3.05) is 0 Å². The van der Waals surface area contributed by atoms with Gasteiger partial charge in [-0.05, 0) is 0 Å². The van der Waals surface area contributed by atoms with Crippen molar-refractivity contribution in [2.45, 2.75) is 4.98 Å². The van der Waals surface area contributed by atoms with Crippen LogP contribution in [0.3, 0.4) is 0 Å². The zero-order chi connectivity index (χ0) is 11.7. The van der Waals surface area contributed by atoms with Crippen LogP contribution in [-0.2, 0) is 0 Å². The number of carbonyl (C=O) groups excluding carboxylic acids is 1. The van der Waals surface area contributed by atoms with Gasteiger partial charge in [-0.25, -0.2) is 0 Å². The number of hydrogen-bond donors (Lipinski definition) is 0. The molecule has 0 N–H and O–H groups in total. The van der Waals surface area contributed by atoms with Crippen molar-refractivity contribution in [1.82, 2.24) is 0 Å². The molecule has 0 unspecified atom stereocenters. The van der Waals surface area contributed by atoms with Gasteiger partial charge < -0.3 is 0 Å². The Bertz CT molecular complexity index is 551. The molecule has 2 aromatic rings. The molecule has 17 heavy (non-hydrogen) atoms. The van der Waals surface area contributed by atoms with Crippen molar-refractivity contribution in [3.05, 3.63) is 60.2 Å². The number of fused-ring (bicyclic) bond motifs is 1. The second-order valence-electron chi connectivity index (χ2n) is 4.14. The standard InChI is InChI=1S/C8H7O2.C6H5.Ga/c1-6(9)7-4-2-3-5-8(7)10;1-2-4-6-5-3-1;/h2-5,10H,1H2;1-5H;/q;;+1/p-1. The van der Waals surface area contributed by atoms with E-state index in [1.165, 1.54) is 4.12 Å². The Kier molecular flexibility index (Phi) is 2.78. The molecule has 0 fully saturated rings. The van der Waals surface area contributed by atoms with Gasteiger partial charge in [-0.2, -0.15) is 0 Å². The fraction of sp³-hybridized carbons (Fsp3) is 0.0714. The molecule has 2 aromatic carbocycles. The average Bonchev–Trinajstić information content (AvgIpc) is 2.40. The molecule has 0 saturated heterocycles. The first-order valence-electron chi connectivity index (χ1n) is 5.68. The van der Waals surface area contributed by atoms with Gasteiger partial charge >= 0.3 is 106 Å². The van der Waals surface area contributed by atoms with Crippen LogP contribution in [0, 0.1) is 0 Å². The summed E-state index contributed by atoms with van der Waals surface area (Å²) in [5, 5.41) is 0. The minimum atomic E-state index is -2.15. The Morgan fingerprint density at radius 2 is 1.65 bits per heavy atom. The maximum atomic E-state index is 12.0. The van der Waals surface area contributed by atoms with E-state index in [1.807, 2.05) is 42.5 Å². The van der Waals surface area contributed by atoms with Gasteiger partial charge in [-0.3, -0.25) is 0 Å². The number of benzene rings is 2. The molecule has 3 rings (SSSR count). The molecular weight excluding hydrogens is 270 g/mol. The predicted molar refractivity (Wildman–Crippen MR) is 68.0 cm³/mol. The molecule has 1 heterocycles. The molecule has 0 amide bonds. The topological polar surface area (TPSA) is 26.3 Å². The molecule has 0 saturated carbocycles. The van der Waals surface area contributed by atoms with Gasteiger partial charge in [0.05, 0.1) is 0 Å². The van der Waals surface area contributed by atoms with Crippen LogP contribution >= 0.6 is 0 Å². The Hall–Kier alpha value is -1.45. The summed E-state index contributed by atoms with van der Waals surface area (Å²) in [6.07, 6.45) is 0. The summed E-state index contributed by atoms with van der Waals surface area (Å²) in [4.78, 5) is 12.6. The second-order valence-corrected chi connectivity index (χ2v) is 8.94. The third kappa shape index (κ3) is 2.03. The molecule has 0 spiro atoms. The Morgan fingerprint density at radius 3 is 2.47 bits per heavy atom. The summed E-state index contributed by atoms with van der Waals surface area (Å²) < 4.78 is 7.29. The van der Waals surface area contributed by atoms with E-state index in [0.717, 1.165) is 11.3 Å². The van der Waals surface area contributed by atoms with Crippen LogP contribution in [0.5, 0.6) is 5.75 Å². The average molecular weight is 281 g/mol. The van der Waals surface area contributed by atoms with Crippen molar-refractivity contribution in [2.24, 2.45) is 0 Å². The van der Waals surface area contributed by atoms with E-state index < -0.39 is 16.6 Å². The monoisotopic (exact) mass is 280 g/mol. The molecule has 1 aliphatic heterocycles. The van der Waals surface area contributed by atoms with Gasteiger partial charge in [-0.15, -0.1) is 0 Å². The second kappa shape index (κ2) is 4.43. The van der Waals surface area contributed by atoms with E-state index in [-0.39, 0.29) is 5.78 Å². The van der Waals surface area contributed by atoms with Crippen molar-refractivity contribution >= 4 is 26.5 Å². The van der Waals surface area contributed by atoms with Crippen molar-refractivity contribution in [3.63, 3.8) is 0 Å². The molecule has 2 nitrogen and oxygen atoms in total. The van der Waals surface area contributed by atoms with Crippen LogP contribution in [0.4, 0.5) is 0 Å². The van der Waals surface area contributed by atoms with Gasteiger partial charge in [0.2, 0.25) is 0 Å². The quantitative estimate of drug-likeness (QED) is 0.749. The van der Waals surface area contributed by atoms with Crippen LogP contribution in [0.1, 0.15) is 10.4 Å². The van der Waals surface area contributed by atoms with Crippen LogP contribution in [-0.4, -0.2) is 22.4 Å². The first-order valence-corrected chi connectivity index (χ1v) is 9.60. The molecule has 0 atom stereocenters. The van der Waals surface area contributed by atoms with Crippen LogP contribution in [0.25, 0.3) is 0 Å². The summed E-state index contributed by atoms with van der Waals surface area (Å²) in [6, 6.07) is 17.7. The molecule has 0 radical (unpaired) electrons. The fourth-order valence-corrected chi connectivity index (χ4v) is 6.69. The third-order valence-corrected chi connectivity index (χ3v) is 8.05. The van der Waals surface area contributed by atoms with Crippen LogP contribution < -0.4 is 7.65 Å². The van der Waals surface area contributed by atoms with E-state index in [9.17, 15) is 4.79 Å². The number of carbonyl (C=O) groups is 1. The van der Waals surface area contributed by atoms with Crippen LogP contribution in [0.2, 0.25) is 4.98 Å². The summed E-state index contributed by atoms with van der Waals surface area (Å²) in [6.45, 7) is 0. The molecule has 0 aliphatic carbocycles. The molecule has 0 bridgehead atoms. The number of para-hydroxylation sites is 1. The molecule has 0 aromatic heterocycles. The van der Waals surface area contributed by atoms with Gasteiger partial charge in [0.25, 0.3) is 0 Å². The summed E-state index contributed by atoms with van der Waals surface area (Å²) in [5.74, 6) is 1.01. The van der Waals surface area contributed by atoms with E-state index in [1.54, 1.807) is 0 Å². The van der Waals surface area contributed by atoms with Crippen molar-refractivity contribution in [1.29, 1.82) is 0 Å². The number of rotatable bonds is 1. The van der Waals surface area contributed by atoms with E-state index in [4.69, 9.17) is 3.53 Å². The summed E-state index contributed by atoms with van der Waals surface area (Å²) >= 11 is -2.15. The van der Waals surface area contributed by atoms with E-state index in [0.29, 0.717) is 4.98 Å². The zero-order valence-electron chi connectivity index (χ0n) is 9.30. The van der Waals surface area contributed by atoms with Gasteiger partial charge in [0.1, 0.15) is 0 Å². The number of ketones is 1. The number of Topliss-reactive ketones (excluding diaryl/α,β-unsaturated/α-hetero) is 1. The van der Waals surface area contributed by atoms with Crippen LogP contribution in [0.15, 0.2) is 54.6 Å². The molecule has 82 valence electrons. The first-order chi connectivity index (χ1) is 8.34. The first kappa shape index (κ1) is 10.7.